The molecule has 0 saturated carbocycles. The second kappa shape index (κ2) is 28.3. The largest absolute Gasteiger partial charge is 0.0742 e. The molecule has 1 aliphatic rings. The fraction of sp³-hybridized carbons (Fsp3) is 0.667. The SMILES string of the molecule is C1#CSCCCSC#CSCCCCCSC#CSCCCSC#CSCCCCCS1. The van der Waals surface area contributed by atoms with E-state index in [4.69, 9.17) is 0 Å². The first-order valence-electron chi connectivity index (χ1n) is 10.9. The highest BCUT2D eigenvalue weighted by Crippen LogP contribution is 2.13. The molecule has 0 saturated heterocycles. The number of rotatable bonds is 0. The summed E-state index contributed by atoms with van der Waals surface area (Å²) in [6.07, 6.45) is 9.89. The van der Waals surface area contributed by atoms with E-state index in [1.54, 1.807) is 94.1 Å². The van der Waals surface area contributed by atoms with Crippen molar-refractivity contribution in [3.63, 3.8) is 0 Å². The highest BCUT2D eigenvalue weighted by atomic mass is 32.2. The van der Waals surface area contributed by atoms with Crippen molar-refractivity contribution in [3.8, 4) is 42.0 Å². The first kappa shape index (κ1) is 31.1. The van der Waals surface area contributed by atoms with Crippen molar-refractivity contribution >= 4 is 94.1 Å². The van der Waals surface area contributed by atoms with Crippen LogP contribution in [-0.2, 0) is 0 Å². The average Bonchev–Trinajstić information content (AvgIpc) is 2.80. The second-order valence-electron chi connectivity index (χ2n) is 6.43. The van der Waals surface area contributed by atoms with Gasteiger partial charge in [0.2, 0.25) is 0 Å². The van der Waals surface area contributed by atoms with E-state index in [0.29, 0.717) is 0 Å². The summed E-state index contributed by atoms with van der Waals surface area (Å²) in [5.41, 5.74) is 0. The fourth-order valence-electron chi connectivity index (χ4n) is 2.10. The Kier molecular flexibility index (Phi) is 27.5. The third-order valence-corrected chi connectivity index (χ3v) is 10.1. The third kappa shape index (κ3) is 25.7. The van der Waals surface area contributed by atoms with Crippen molar-refractivity contribution in [2.24, 2.45) is 0 Å². The Hall–Kier alpha value is 1.04. The molecule has 0 spiro atoms. The standard InChI is InChI=1S/C24H32S8/c1-3-9-25-17-21-29-13-7-15-31-23-19-27-11-5-2-6-12-28-20-24-32-16-8-14-30-22-18-26-10-4-1/h1-16H2. The van der Waals surface area contributed by atoms with Gasteiger partial charge in [-0.2, -0.15) is 0 Å². The molecular formula is C24H32S8. The van der Waals surface area contributed by atoms with Gasteiger partial charge in [-0.25, -0.2) is 0 Å². The first-order chi connectivity index (χ1) is 16.0. The molecule has 0 unspecified atom stereocenters. The molecule has 0 aromatic heterocycles. The summed E-state index contributed by atoms with van der Waals surface area (Å²) in [4.78, 5) is 0. The lowest BCUT2D eigenvalue weighted by atomic mass is 10.3. The second-order valence-corrected chi connectivity index (χ2v) is 13.6. The summed E-state index contributed by atoms with van der Waals surface area (Å²) in [6, 6.07) is 0. The molecule has 32 heavy (non-hydrogen) atoms. The monoisotopic (exact) mass is 576 g/mol. The Morgan fingerprint density at radius 3 is 0.625 bits per heavy atom. The number of hydrogen-bond donors (Lipinski definition) is 0. The van der Waals surface area contributed by atoms with E-state index >= 15 is 0 Å². The van der Waals surface area contributed by atoms with Crippen LogP contribution >= 0.6 is 94.1 Å². The van der Waals surface area contributed by atoms with Gasteiger partial charge in [-0.1, -0.05) is 107 Å². The lowest BCUT2D eigenvalue weighted by Gasteiger charge is -1.96. The molecule has 0 aromatic rings. The minimum absolute atomic E-state index is 1.10. The molecule has 0 amide bonds. The van der Waals surface area contributed by atoms with Crippen LogP contribution in [0.25, 0.3) is 0 Å². The molecule has 8 heteroatoms. The highest BCUT2D eigenvalue weighted by molar-refractivity contribution is 8.08. The van der Waals surface area contributed by atoms with Crippen molar-refractivity contribution in [2.45, 2.75) is 51.4 Å². The van der Waals surface area contributed by atoms with E-state index < -0.39 is 0 Å². The minimum Gasteiger partial charge on any atom is -0.0742 e. The molecule has 1 rings (SSSR count). The van der Waals surface area contributed by atoms with Gasteiger partial charge in [0.1, 0.15) is 0 Å². The Morgan fingerprint density at radius 2 is 0.406 bits per heavy atom. The molecule has 0 fully saturated rings. The zero-order valence-corrected chi connectivity index (χ0v) is 25.1. The Morgan fingerprint density at radius 1 is 0.219 bits per heavy atom. The number of thioether (sulfide) groups is 8. The van der Waals surface area contributed by atoms with Crippen molar-refractivity contribution in [2.75, 3.05) is 46.0 Å². The van der Waals surface area contributed by atoms with Gasteiger partial charge in [0.25, 0.3) is 0 Å². The van der Waals surface area contributed by atoms with Crippen molar-refractivity contribution in [1.29, 1.82) is 0 Å². The van der Waals surface area contributed by atoms with Gasteiger partial charge in [-0.15, -0.1) is 0 Å². The molecule has 0 nitrogen and oxygen atoms in total. The van der Waals surface area contributed by atoms with Crippen LogP contribution in [0.5, 0.6) is 0 Å². The molecule has 0 aromatic carbocycles. The lowest BCUT2D eigenvalue weighted by molar-refractivity contribution is 0.787. The molecule has 1 heterocycles. The topological polar surface area (TPSA) is 0 Å². The van der Waals surface area contributed by atoms with Crippen LogP contribution in [0.1, 0.15) is 51.4 Å². The summed E-state index contributed by atoms with van der Waals surface area (Å²) < 4.78 is 0. The maximum absolute atomic E-state index is 3.22. The van der Waals surface area contributed by atoms with E-state index in [1.165, 1.54) is 51.4 Å². The van der Waals surface area contributed by atoms with Crippen LogP contribution in [0, 0.1) is 42.0 Å². The number of hydrogen-bond acceptors (Lipinski definition) is 8. The molecule has 0 radical (unpaired) electrons. The summed E-state index contributed by atoms with van der Waals surface area (Å²) in [5, 5.41) is 25.8. The molecule has 0 aliphatic carbocycles. The van der Waals surface area contributed by atoms with Crippen LogP contribution in [-0.4, -0.2) is 46.0 Å². The van der Waals surface area contributed by atoms with Gasteiger partial charge in [0, 0.05) is 46.0 Å². The molecule has 176 valence electrons. The van der Waals surface area contributed by atoms with Gasteiger partial charge in [-0.3, -0.25) is 0 Å². The van der Waals surface area contributed by atoms with E-state index in [0.717, 1.165) is 46.0 Å². The van der Waals surface area contributed by atoms with Crippen molar-refractivity contribution < 1.29 is 0 Å². The summed E-state index contributed by atoms with van der Waals surface area (Å²) in [6.45, 7) is 0. The summed E-state index contributed by atoms with van der Waals surface area (Å²) in [7, 11) is 0. The summed E-state index contributed by atoms with van der Waals surface area (Å²) >= 11 is 14.0. The predicted octanol–water partition coefficient (Wildman–Crippen LogP) is 8.66. The van der Waals surface area contributed by atoms with E-state index in [1.807, 2.05) is 0 Å². The molecule has 0 N–H and O–H groups in total. The molecule has 0 atom stereocenters. The lowest BCUT2D eigenvalue weighted by Crippen LogP contribution is -1.83. The maximum atomic E-state index is 3.22. The zero-order valence-electron chi connectivity index (χ0n) is 18.6. The average molecular weight is 577 g/mol. The van der Waals surface area contributed by atoms with E-state index in [2.05, 4.69) is 42.0 Å². The van der Waals surface area contributed by atoms with Crippen LogP contribution < -0.4 is 0 Å². The minimum atomic E-state index is 1.10. The quantitative estimate of drug-likeness (QED) is 0.259. The van der Waals surface area contributed by atoms with Crippen LogP contribution in [0.2, 0.25) is 0 Å². The normalized spacial score (nSPS) is 20.0. The van der Waals surface area contributed by atoms with Gasteiger partial charge < -0.3 is 0 Å². The van der Waals surface area contributed by atoms with Crippen LogP contribution in [0.15, 0.2) is 0 Å². The smallest absolute Gasteiger partial charge is 0.00651 e. The van der Waals surface area contributed by atoms with Gasteiger partial charge in [0.15, 0.2) is 0 Å². The Bertz CT molecular complexity index is 562. The molecular weight excluding hydrogens is 545 g/mol. The fourth-order valence-corrected chi connectivity index (χ4v) is 7.72. The molecule has 0 bridgehead atoms. The van der Waals surface area contributed by atoms with Crippen LogP contribution in [0.3, 0.4) is 0 Å². The summed E-state index contributed by atoms with van der Waals surface area (Å²) in [5.74, 6) is 8.99. The van der Waals surface area contributed by atoms with Crippen molar-refractivity contribution in [1.82, 2.24) is 0 Å². The van der Waals surface area contributed by atoms with Crippen LogP contribution in [0.4, 0.5) is 0 Å². The first-order valence-corrected chi connectivity index (χ1v) is 18.8. The van der Waals surface area contributed by atoms with Crippen molar-refractivity contribution in [3.05, 3.63) is 0 Å². The van der Waals surface area contributed by atoms with E-state index in [-0.39, 0.29) is 0 Å². The zero-order chi connectivity index (χ0) is 22.6. The van der Waals surface area contributed by atoms with E-state index in [9.17, 15) is 0 Å². The maximum Gasteiger partial charge on any atom is 0.00651 e. The molecule has 1 aliphatic heterocycles. The highest BCUT2D eigenvalue weighted by Gasteiger charge is 1.92. The van der Waals surface area contributed by atoms with Gasteiger partial charge >= 0.3 is 0 Å². The Balaban J connectivity index is 2.18. The Labute approximate surface area is 231 Å². The van der Waals surface area contributed by atoms with Gasteiger partial charge in [0.05, 0.1) is 0 Å². The third-order valence-electron chi connectivity index (χ3n) is 3.72. The van der Waals surface area contributed by atoms with Gasteiger partial charge in [-0.05, 0) is 80.5 Å². The predicted molar refractivity (Wildman–Crippen MR) is 168 cm³/mol.